The Labute approximate surface area is 320 Å². The van der Waals surface area contributed by atoms with Crippen LogP contribution in [0.2, 0.25) is 18.1 Å². The first-order valence-electron chi connectivity index (χ1n) is 18.5. The Hall–Kier alpha value is -4.69. The minimum atomic E-state index is -4.62. The van der Waals surface area contributed by atoms with Gasteiger partial charge in [0.25, 0.3) is 0 Å². The normalized spacial score (nSPS) is 16.9. The lowest BCUT2D eigenvalue weighted by atomic mass is 10.0. The number of halogens is 3. The molecule has 1 amide bonds. The highest BCUT2D eigenvalue weighted by molar-refractivity contribution is 6.74. The Morgan fingerprint density at radius 2 is 1.73 bits per heavy atom. The van der Waals surface area contributed by atoms with Gasteiger partial charge in [-0.3, -0.25) is 0 Å². The van der Waals surface area contributed by atoms with Crippen LogP contribution in [0.25, 0.3) is 16.8 Å². The standard InChI is InChI=1S/C38H50F3N9O4Si/c1-23-32(45-46-50(23)28-11-13-47(14-12-28)35(51)53-36(3,4)5)25-15-31(33-26(17-42)18-44-49(33)20-25)52-24(2)30-16-27(38(39,40)41)19-43-34(30)48-21-29(22-48)54-55(9,10)37(6,7)8/h15-16,18-20,24,28-29H,11-14,21-22H2,1-10H3. The molecule has 6 heterocycles. The maximum Gasteiger partial charge on any atom is 0.417 e. The van der Waals surface area contributed by atoms with Gasteiger partial charge in [0.05, 0.1) is 29.6 Å². The molecule has 0 N–H and O–H groups in total. The first-order chi connectivity index (χ1) is 25.6. The number of pyridine rings is 2. The monoisotopic (exact) mass is 781 g/mol. The van der Waals surface area contributed by atoms with E-state index in [1.807, 2.05) is 37.3 Å². The van der Waals surface area contributed by atoms with Crippen LogP contribution in [0.1, 0.15) is 95.8 Å². The SMILES string of the molecule is Cc1c(-c2cc(OC(C)c3cc(C(F)(F)F)cnc3N3CC(O[Si](C)(C)C(C)(C)C)C3)c3c(C#N)cnn3c2)nnn1C1CCN(C(=O)OC(C)(C)C)CC1. The molecule has 0 aromatic carbocycles. The largest absolute Gasteiger partial charge is 0.484 e. The summed E-state index contributed by atoms with van der Waals surface area (Å²) in [6.45, 7) is 21.9. The molecule has 2 fully saturated rings. The Kier molecular flexibility index (Phi) is 10.5. The van der Waals surface area contributed by atoms with Crippen LogP contribution in [0.5, 0.6) is 5.75 Å². The number of carbonyl (C=O) groups is 1. The summed E-state index contributed by atoms with van der Waals surface area (Å²) in [5, 5.41) is 23.4. The molecule has 2 saturated heterocycles. The topological polar surface area (TPSA) is 136 Å². The van der Waals surface area contributed by atoms with Crippen molar-refractivity contribution in [2.45, 2.75) is 116 Å². The number of likely N-dealkylation sites (tertiary alicyclic amines) is 1. The van der Waals surface area contributed by atoms with Crippen LogP contribution < -0.4 is 9.64 Å². The van der Waals surface area contributed by atoms with E-state index in [1.165, 1.54) is 10.7 Å². The molecule has 0 bridgehead atoms. The first-order valence-corrected chi connectivity index (χ1v) is 21.4. The predicted octanol–water partition coefficient (Wildman–Crippen LogP) is 8.11. The first kappa shape index (κ1) is 40.0. The lowest BCUT2D eigenvalue weighted by Gasteiger charge is -2.47. The average molecular weight is 782 g/mol. The van der Waals surface area contributed by atoms with E-state index in [2.05, 4.69) is 60.3 Å². The molecule has 0 aliphatic carbocycles. The molecule has 1 unspecified atom stereocenters. The van der Waals surface area contributed by atoms with Crippen molar-refractivity contribution in [1.82, 2.24) is 34.5 Å². The minimum absolute atomic E-state index is 0.00508. The van der Waals surface area contributed by atoms with Crippen molar-refractivity contribution >= 4 is 25.7 Å². The molecular weight excluding hydrogens is 732 g/mol. The van der Waals surface area contributed by atoms with Crippen LogP contribution in [0.4, 0.5) is 23.8 Å². The molecule has 4 aromatic heterocycles. The van der Waals surface area contributed by atoms with Crippen molar-refractivity contribution in [3.8, 4) is 23.1 Å². The van der Waals surface area contributed by atoms with E-state index in [1.54, 1.807) is 24.1 Å². The van der Waals surface area contributed by atoms with Gasteiger partial charge in [-0.05, 0) is 77.7 Å². The summed E-state index contributed by atoms with van der Waals surface area (Å²) >= 11 is 0. The maximum atomic E-state index is 14.0. The van der Waals surface area contributed by atoms with Crippen molar-refractivity contribution in [1.29, 1.82) is 5.26 Å². The molecule has 296 valence electrons. The number of ether oxygens (including phenoxy) is 2. The highest BCUT2D eigenvalue weighted by Crippen LogP contribution is 2.42. The summed E-state index contributed by atoms with van der Waals surface area (Å²) < 4.78 is 64.1. The zero-order valence-electron chi connectivity index (χ0n) is 33.2. The summed E-state index contributed by atoms with van der Waals surface area (Å²) in [5.41, 5.74) is 1.31. The van der Waals surface area contributed by atoms with Crippen LogP contribution in [0.15, 0.2) is 30.7 Å². The van der Waals surface area contributed by atoms with Crippen molar-refractivity contribution in [3.63, 3.8) is 0 Å². The molecule has 0 radical (unpaired) electrons. The van der Waals surface area contributed by atoms with E-state index in [0.29, 0.717) is 61.6 Å². The van der Waals surface area contributed by atoms with Gasteiger partial charge in [0.1, 0.15) is 46.1 Å². The molecule has 2 aliphatic heterocycles. The number of aromatic nitrogens is 6. The quantitative estimate of drug-likeness (QED) is 0.161. The van der Waals surface area contributed by atoms with Gasteiger partial charge in [-0.25, -0.2) is 19.0 Å². The molecular formula is C38H50F3N9O4Si. The smallest absolute Gasteiger partial charge is 0.417 e. The molecule has 17 heteroatoms. The van der Waals surface area contributed by atoms with E-state index in [-0.39, 0.29) is 40.2 Å². The number of nitrogens with zero attached hydrogens (tertiary/aromatic N) is 9. The second-order valence-corrected chi connectivity index (χ2v) is 21.8. The average Bonchev–Trinajstić information content (AvgIpc) is 3.67. The third-order valence-corrected chi connectivity index (χ3v) is 15.3. The number of piperidine rings is 1. The summed E-state index contributed by atoms with van der Waals surface area (Å²) in [7, 11) is -2.06. The highest BCUT2D eigenvalue weighted by Gasteiger charge is 2.43. The van der Waals surface area contributed by atoms with E-state index >= 15 is 0 Å². The molecule has 13 nitrogen and oxygen atoms in total. The van der Waals surface area contributed by atoms with Gasteiger partial charge in [0.2, 0.25) is 0 Å². The van der Waals surface area contributed by atoms with Crippen LogP contribution in [-0.4, -0.2) is 86.8 Å². The van der Waals surface area contributed by atoms with Crippen molar-refractivity contribution in [2.75, 3.05) is 31.1 Å². The number of hydrogen-bond acceptors (Lipinski definition) is 10. The highest BCUT2D eigenvalue weighted by atomic mass is 28.4. The lowest BCUT2D eigenvalue weighted by molar-refractivity contribution is -0.137. The Morgan fingerprint density at radius 1 is 1.05 bits per heavy atom. The molecule has 55 heavy (non-hydrogen) atoms. The number of rotatable bonds is 8. The van der Waals surface area contributed by atoms with Crippen molar-refractivity contribution < 1.29 is 31.9 Å². The van der Waals surface area contributed by atoms with E-state index < -0.39 is 31.8 Å². The lowest BCUT2D eigenvalue weighted by Crippen LogP contribution is -2.58. The second-order valence-electron chi connectivity index (χ2n) is 17.0. The van der Waals surface area contributed by atoms with Gasteiger partial charge in [-0.1, -0.05) is 26.0 Å². The number of carbonyl (C=O) groups excluding carboxylic acids is 1. The second kappa shape index (κ2) is 14.4. The molecule has 4 aromatic rings. The maximum absolute atomic E-state index is 14.0. The van der Waals surface area contributed by atoms with Crippen LogP contribution in [-0.2, 0) is 15.3 Å². The van der Waals surface area contributed by atoms with E-state index in [9.17, 15) is 23.2 Å². The van der Waals surface area contributed by atoms with Crippen LogP contribution in [0.3, 0.4) is 0 Å². The van der Waals surface area contributed by atoms with Gasteiger partial charge in [0.15, 0.2) is 8.32 Å². The fourth-order valence-electron chi connectivity index (χ4n) is 6.69. The van der Waals surface area contributed by atoms with Crippen LogP contribution >= 0.6 is 0 Å². The predicted molar refractivity (Wildman–Crippen MR) is 202 cm³/mol. The Balaban J connectivity index is 1.28. The molecule has 1 atom stereocenters. The van der Waals surface area contributed by atoms with Gasteiger partial charge in [-0.15, -0.1) is 5.10 Å². The van der Waals surface area contributed by atoms with Gasteiger partial charge >= 0.3 is 12.3 Å². The van der Waals surface area contributed by atoms with Gasteiger partial charge < -0.3 is 23.7 Å². The third-order valence-electron chi connectivity index (χ3n) is 10.7. The zero-order valence-corrected chi connectivity index (χ0v) is 34.2. The van der Waals surface area contributed by atoms with Crippen molar-refractivity contribution in [3.05, 3.63) is 53.1 Å². The number of amides is 1. The fraction of sp³-hybridized carbons (Fsp3) is 0.579. The third kappa shape index (κ3) is 8.30. The fourth-order valence-corrected chi connectivity index (χ4v) is 8.02. The van der Waals surface area contributed by atoms with E-state index in [0.717, 1.165) is 18.0 Å². The summed E-state index contributed by atoms with van der Waals surface area (Å²) in [6.07, 6.45) is -0.639. The van der Waals surface area contributed by atoms with Crippen molar-refractivity contribution in [2.24, 2.45) is 0 Å². The van der Waals surface area contributed by atoms with Gasteiger partial charge in [-0.2, -0.15) is 23.5 Å². The summed E-state index contributed by atoms with van der Waals surface area (Å²) in [6, 6.07) is 4.94. The summed E-state index contributed by atoms with van der Waals surface area (Å²) in [5.74, 6) is 0.623. The van der Waals surface area contributed by atoms with Crippen LogP contribution in [0, 0.1) is 18.3 Å². The number of anilines is 1. The number of nitriles is 1. The summed E-state index contributed by atoms with van der Waals surface area (Å²) in [4.78, 5) is 20.6. The molecule has 0 spiro atoms. The Morgan fingerprint density at radius 3 is 2.33 bits per heavy atom. The minimum Gasteiger partial charge on any atom is -0.484 e. The number of hydrogen-bond donors (Lipinski definition) is 0. The molecule has 2 aliphatic rings. The zero-order chi connectivity index (χ0) is 40.2. The van der Waals surface area contributed by atoms with Gasteiger partial charge in [0, 0.05) is 49.7 Å². The Bertz CT molecular complexity index is 2100. The molecule has 6 rings (SSSR count). The number of fused-ring (bicyclic) bond motifs is 1. The molecule has 0 saturated carbocycles. The number of alkyl halides is 3. The van der Waals surface area contributed by atoms with E-state index in [4.69, 9.17) is 13.9 Å².